The second-order valence-electron chi connectivity index (χ2n) is 6.70. The van der Waals surface area contributed by atoms with Crippen molar-refractivity contribution in [3.63, 3.8) is 0 Å². The van der Waals surface area contributed by atoms with Crippen molar-refractivity contribution < 1.29 is 22.3 Å². The molecule has 1 aliphatic carbocycles. The molecule has 1 saturated carbocycles. The van der Waals surface area contributed by atoms with Crippen molar-refractivity contribution in [2.75, 3.05) is 14.1 Å². The minimum atomic E-state index is -4.03. The number of halogens is 2. The van der Waals surface area contributed by atoms with Gasteiger partial charge < -0.3 is 4.74 Å². The third-order valence-electron chi connectivity index (χ3n) is 4.60. The quantitative estimate of drug-likeness (QED) is 0.785. The van der Waals surface area contributed by atoms with E-state index in [1.54, 1.807) is 4.72 Å². The molecule has 0 saturated heterocycles. The van der Waals surface area contributed by atoms with Gasteiger partial charge in [-0.05, 0) is 31.7 Å². The average Bonchev–Trinajstić information content (AvgIpc) is 2.57. The number of ether oxygens (including phenoxy) is 1. The number of hydrogen-bond donors (Lipinski definition) is 1. The van der Waals surface area contributed by atoms with Crippen molar-refractivity contribution in [3.8, 4) is 5.75 Å². The molecule has 0 spiro atoms. The number of benzene rings is 1. The maximum absolute atomic E-state index is 14.3. The smallest absolute Gasteiger partial charge is 0.303 e. The lowest BCUT2D eigenvalue weighted by Crippen LogP contribution is -2.39. The normalized spacial score (nSPS) is 17.2. The number of nitrogens with one attached hydrogen (secondary N) is 1. The number of nitrogens with zero attached hydrogens (tertiary/aromatic N) is 1. The molecule has 9 heteroatoms. The molecule has 1 N–H and O–H groups in total. The Morgan fingerprint density at radius 1 is 1.31 bits per heavy atom. The van der Waals surface area contributed by atoms with Crippen LogP contribution < -0.4 is 9.46 Å². The van der Waals surface area contributed by atoms with Crippen LogP contribution in [0.15, 0.2) is 12.1 Å². The van der Waals surface area contributed by atoms with Crippen LogP contribution in [0.3, 0.4) is 0 Å². The van der Waals surface area contributed by atoms with E-state index in [9.17, 15) is 17.6 Å². The molecule has 1 amide bonds. The van der Waals surface area contributed by atoms with E-state index in [0.29, 0.717) is 5.92 Å². The van der Waals surface area contributed by atoms with Gasteiger partial charge in [0.2, 0.25) is 0 Å². The standard InChI is InChI=1S/C17H24ClFN2O4S/c1-11(12-7-5-4-6-8-12)25-16-10-15(19)13(9-14(16)18)17(22)20-26(23,24)21(2)3/h9-12H,4-8H2,1-3H3,(H,20,22). The van der Waals surface area contributed by atoms with Gasteiger partial charge in [0.1, 0.15) is 11.6 Å². The van der Waals surface area contributed by atoms with Crippen LogP contribution in [0.25, 0.3) is 0 Å². The first-order chi connectivity index (χ1) is 12.1. The first kappa shape index (κ1) is 20.9. The van der Waals surface area contributed by atoms with E-state index in [-0.39, 0.29) is 16.9 Å². The molecule has 1 atom stereocenters. The summed E-state index contributed by atoms with van der Waals surface area (Å²) in [5, 5.41) is 0.0569. The Labute approximate surface area is 158 Å². The number of carbonyl (C=O) groups excluding carboxylic acids is 1. The molecule has 1 fully saturated rings. The largest absolute Gasteiger partial charge is 0.489 e. The van der Waals surface area contributed by atoms with E-state index in [1.807, 2.05) is 6.92 Å². The van der Waals surface area contributed by atoms with E-state index >= 15 is 0 Å². The van der Waals surface area contributed by atoms with E-state index < -0.39 is 27.5 Å². The van der Waals surface area contributed by atoms with Crippen molar-refractivity contribution in [2.24, 2.45) is 5.92 Å². The predicted octanol–water partition coefficient (Wildman–Crippen LogP) is 3.36. The molecule has 1 aromatic rings. The lowest BCUT2D eigenvalue weighted by Gasteiger charge is -2.28. The molecule has 0 aliphatic heterocycles. The highest BCUT2D eigenvalue weighted by Gasteiger charge is 2.25. The van der Waals surface area contributed by atoms with Gasteiger partial charge in [0.25, 0.3) is 5.91 Å². The fraction of sp³-hybridized carbons (Fsp3) is 0.588. The number of amides is 1. The van der Waals surface area contributed by atoms with Crippen LogP contribution >= 0.6 is 11.6 Å². The summed E-state index contributed by atoms with van der Waals surface area (Å²) in [6.07, 6.45) is 5.52. The fourth-order valence-corrected chi connectivity index (χ4v) is 3.69. The minimum Gasteiger partial charge on any atom is -0.489 e. The summed E-state index contributed by atoms with van der Waals surface area (Å²) in [4.78, 5) is 12.1. The molecule has 0 aromatic heterocycles. The van der Waals surface area contributed by atoms with Crippen LogP contribution in [0.1, 0.15) is 49.4 Å². The van der Waals surface area contributed by atoms with Gasteiger partial charge in [0.05, 0.1) is 16.7 Å². The topological polar surface area (TPSA) is 75.7 Å². The molecular formula is C17H24ClFN2O4S. The number of rotatable bonds is 6. The van der Waals surface area contributed by atoms with Crippen LogP contribution in [0.2, 0.25) is 5.02 Å². The Hall–Kier alpha value is -1.38. The summed E-state index contributed by atoms with van der Waals surface area (Å²) >= 11 is 6.13. The van der Waals surface area contributed by atoms with Gasteiger partial charge in [-0.1, -0.05) is 30.9 Å². The fourth-order valence-electron chi connectivity index (χ4n) is 2.96. The molecule has 6 nitrogen and oxygen atoms in total. The first-order valence-electron chi connectivity index (χ1n) is 8.52. The molecule has 1 aromatic carbocycles. The van der Waals surface area contributed by atoms with E-state index in [0.717, 1.165) is 42.1 Å². The predicted molar refractivity (Wildman–Crippen MR) is 98.1 cm³/mol. The zero-order valence-corrected chi connectivity index (χ0v) is 16.7. The Morgan fingerprint density at radius 3 is 2.50 bits per heavy atom. The van der Waals surface area contributed by atoms with Crippen molar-refractivity contribution in [3.05, 3.63) is 28.5 Å². The second kappa shape index (κ2) is 8.54. The van der Waals surface area contributed by atoms with Gasteiger partial charge in [-0.25, -0.2) is 9.11 Å². The number of hydrogen-bond acceptors (Lipinski definition) is 4. The molecule has 0 bridgehead atoms. The second-order valence-corrected chi connectivity index (χ2v) is 8.99. The maximum Gasteiger partial charge on any atom is 0.303 e. The lowest BCUT2D eigenvalue weighted by atomic mass is 9.86. The zero-order valence-electron chi connectivity index (χ0n) is 15.1. The Morgan fingerprint density at radius 2 is 1.92 bits per heavy atom. The minimum absolute atomic E-state index is 0.0569. The molecule has 0 radical (unpaired) electrons. The Balaban J connectivity index is 2.15. The summed E-state index contributed by atoms with van der Waals surface area (Å²) in [6.45, 7) is 1.93. The molecule has 1 unspecified atom stereocenters. The van der Waals surface area contributed by atoms with Gasteiger partial charge >= 0.3 is 10.2 Å². The van der Waals surface area contributed by atoms with Crippen molar-refractivity contribution in [1.82, 2.24) is 9.03 Å². The molecule has 1 aliphatic rings. The molecule has 26 heavy (non-hydrogen) atoms. The highest BCUT2D eigenvalue weighted by molar-refractivity contribution is 7.87. The van der Waals surface area contributed by atoms with E-state index in [2.05, 4.69) is 0 Å². The summed E-state index contributed by atoms with van der Waals surface area (Å²) in [5.74, 6) is -1.46. The SMILES string of the molecule is CC(Oc1cc(F)c(C(=O)NS(=O)(=O)N(C)C)cc1Cl)C1CCCCC1. The highest BCUT2D eigenvalue weighted by atomic mass is 35.5. The summed E-state index contributed by atoms with van der Waals surface area (Å²) < 4.78 is 46.2. The van der Waals surface area contributed by atoms with Crippen molar-refractivity contribution in [1.29, 1.82) is 0 Å². The summed E-state index contributed by atoms with van der Waals surface area (Å²) in [6, 6.07) is 2.11. The summed E-state index contributed by atoms with van der Waals surface area (Å²) in [5.41, 5.74) is -0.460. The van der Waals surface area contributed by atoms with Gasteiger partial charge in [-0.15, -0.1) is 0 Å². The van der Waals surface area contributed by atoms with Crippen LogP contribution in [0.4, 0.5) is 4.39 Å². The Bertz CT molecular complexity index is 764. The van der Waals surface area contributed by atoms with Crippen molar-refractivity contribution in [2.45, 2.75) is 45.1 Å². The molecule has 2 rings (SSSR count). The molecule has 0 heterocycles. The maximum atomic E-state index is 14.3. The van der Waals surface area contributed by atoms with Crippen LogP contribution in [-0.2, 0) is 10.2 Å². The zero-order chi connectivity index (χ0) is 19.5. The van der Waals surface area contributed by atoms with E-state index in [4.69, 9.17) is 16.3 Å². The monoisotopic (exact) mass is 406 g/mol. The first-order valence-corrected chi connectivity index (χ1v) is 10.3. The van der Waals surface area contributed by atoms with Gasteiger partial charge in [0, 0.05) is 20.2 Å². The third-order valence-corrected chi connectivity index (χ3v) is 6.30. The van der Waals surface area contributed by atoms with Crippen molar-refractivity contribution >= 4 is 27.7 Å². The third kappa shape index (κ3) is 5.08. The average molecular weight is 407 g/mol. The molecule has 146 valence electrons. The Kier molecular flexibility index (Phi) is 6.87. The number of carbonyl (C=O) groups is 1. The highest BCUT2D eigenvalue weighted by Crippen LogP contribution is 2.33. The van der Waals surface area contributed by atoms with Crippen LogP contribution in [0, 0.1) is 11.7 Å². The van der Waals surface area contributed by atoms with E-state index in [1.165, 1.54) is 20.5 Å². The van der Waals surface area contributed by atoms with Gasteiger partial charge in [-0.2, -0.15) is 12.7 Å². The van der Waals surface area contributed by atoms with Crippen LogP contribution in [-0.4, -0.2) is 38.8 Å². The van der Waals surface area contributed by atoms with Gasteiger partial charge in [-0.3, -0.25) is 4.79 Å². The summed E-state index contributed by atoms with van der Waals surface area (Å²) in [7, 11) is -1.52. The lowest BCUT2D eigenvalue weighted by molar-refractivity contribution is 0.0975. The molecular weight excluding hydrogens is 383 g/mol. The van der Waals surface area contributed by atoms with Crippen LogP contribution in [0.5, 0.6) is 5.75 Å². The van der Waals surface area contributed by atoms with Gasteiger partial charge in [0.15, 0.2) is 0 Å².